The van der Waals surface area contributed by atoms with E-state index in [2.05, 4.69) is 38.2 Å². The monoisotopic (exact) mass is 621 g/mol. The van der Waals surface area contributed by atoms with E-state index in [-0.39, 0.29) is 12.6 Å². The lowest BCUT2D eigenvalue weighted by molar-refractivity contribution is -0.154. The molecule has 0 radical (unpaired) electrons. The number of esters is 1. The predicted molar refractivity (Wildman–Crippen MR) is 191 cm³/mol. The van der Waals surface area contributed by atoms with Crippen molar-refractivity contribution < 1.29 is 19.4 Å². The molecular weight excluding hydrogens is 544 g/mol. The standard InChI is InChI=1S/C40H76O4/c1-3-5-7-9-11-13-15-17-18-19-20-21-22-23-24-26-28-30-32-34-36-43-38-39(37-41)44-40(42)35-33-31-29-27-25-16-14-12-10-8-6-4-2/h11,13,17-18,39,41H,3-10,12,14-16,19-38H2,1-2H3/b13-11-,18-17-. The van der Waals surface area contributed by atoms with Crippen molar-refractivity contribution in [3.05, 3.63) is 24.3 Å². The predicted octanol–water partition coefficient (Wildman–Crippen LogP) is 12.4. The number of aliphatic hydroxyl groups excluding tert-OH is 1. The third-order valence-corrected chi connectivity index (χ3v) is 8.53. The van der Waals surface area contributed by atoms with Crippen molar-refractivity contribution in [1.29, 1.82) is 0 Å². The second kappa shape index (κ2) is 38.1. The van der Waals surface area contributed by atoms with Gasteiger partial charge < -0.3 is 14.6 Å². The zero-order valence-corrected chi connectivity index (χ0v) is 29.7. The summed E-state index contributed by atoms with van der Waals surface area (Å²) < 4.78 is 11.1. The van der Waals surface area contributed by atoms with Crippen LogP contribution in [0.4, 0.5) is 0 Å². The van der Waals surface area contributed by atoms with Gasteiger partial charge in [0.25, 0.3) is 0 Å². The van der Waals surface area contributed by atoms with Gasteiger partial charge in [0.15, 0.2) is 0 Å². The van der Waals surface area contributed by atoms with Crippen LogP contribution in [-0.4, -0.2) is 37.0 Å². The molecule has 0 amide bonds. The number of carbonyl (C=O) groups excluding carboxylic acids is 1. The minimum absolute atomic E-state index is 0.169. The number of ether oxygens (including phenoxy) is 2. The highest BCUT2D eigenvalue weighted by atomic mass is 16.6. The number of hydrogen-bond donors (Lipinski definition) is 1. The second-order valence-corrected chi connectivity index (χ2v) is 13.0. The second-order valence-electron chi connectivity index (χ2n) is 13.0. The van der Waals surface area contributed by atoms with Crippen LogP contribution in [0.5, 0.6) is 0 Å². The summed E-state index contributed by atoms with van der Waals surface area (Å²) in [6.07, 6.45) is 45.1. The maximum absolute atomic E-state index is 12.1. The van der Waals surface area contributed by atoms with Crippen molar-refractivity contribution in [2.75, 3.05) is 19.8 Å². The molecule has 0 aromatic carbocycles. The van der Waals surface area contributed by atoms with Crippen molar-refractivity contribution >= 4 is 5.97 Å². The SMILES string of the molecule is CCCCC/C=C\C/C=C\CCCCCCCCCCCCOCC(CO)OC(=O)CCCCCCCCCCCCCC. The van der Waals surface area contributed by atoms with Crippen LogP contribution in [0.3, 0.4) is 0 Å². The molecule has 0 aromatic heterocycles. The molecule has 1 N–H and O–H groups in total. The first-order chi connectivity index (χ1) is 21.7. The maximum Gasteiger partial charge on any atom is 0.306 e. The summed E-state index contributed by atoms with van der Waals surface area (Å²) in [7, 11) is 0. The molecule has 0 heterocycles. The molecular formula is C40H76O4. The van der Waals surface area contributed by atoms with E-state index < -0.39 is 6.10 Å². The van der Waals surface area contributed by atoms with Gasteiger partial charge in [-0.15, -0.1) is 0 Å². The van der Waals surface area contributed by atoms with Crippen LogP contribution in [0.25, 0.3) is 0 Å². The van der Waals surface area contributed by atoms with E-state index in [9.17, 15) is 9.90 Å². The Hall–Kier alpha value is -1.13. The van der Waals surface area contributed by atoms with Gasteiger partial charge in [-0.05, 0) is 44.9 Å². The van der Waals surface area contributed by atoms with Crippen LogP contribution in [-0.2, 0) is 14.3 Å². The van der Waals surface area contributed by atoms with Crippen LogP contribution in [0.15, 0.2) is 24.3 Å². The molecule has 0 spiro atoms. The largest absolute Gasteiger partial charge is 0.457 e. The molecule has 0 aliphatic carbocycles. The van der Waals surface area contributed by atoms with Gasteiger partial charge in [0.1, 0.15) is 6.10 Å². The van der Waals surface area contributed by atoms with E-state index in [0.29, 0.717) is 19.6 Å². The highest BCUT2D eigenvalue weighted by Crippen LogP contribution is 2.14. The van der Waals surface area contributed by atoms with E-state index in [0.717, 1.165) is 25.7 Å². The topological polar surface area (TPSA) is 55.8 Å². The lowest BCUT2D eigenvalue weighted by Crippen LogP contribution is -2.27. The summed E-state index contributed by atoms with van der Waals surface area (Å²) in [4.78, 5) is 12.1. The number of unbranched alkanes of at least 4 members (excludes halogenated alkanes) is 24. The van der Waals surface area contributed by atoms with Gasteiger partial charge in [0.05, 0.1) is 13.2 Å². The molecule has 0 aliphatic heterocycles. The third-order valence-electron chi connectivity index (χ3n) is 8.53. The minimum atomic E-state index is -0.530. The van der Waals surface area contributed by atoms with Crippen LogP contribution in [0, 0.1) is 0 Å². The van der Waals surface area contributed by atoms with Crippen LogP contribution >= 0.6 is 0 Å². The van der Waals surface area contributed by atoms with Crippen molar-refractivity contribution in [2.45, 2.75) is 206 Å². The average Bonchev–Trinajstić information content (AvgIpc) is 3.03. The first-order valence-electron chi connectivity index (χ1n) is 19.4. The first kappa shape index (κ1) is 42.9. The zero-order chi connectivity index (χ0) is 32.0. The Balaban J connectivity index is 3.40. The Labute approximate surface area is 275 Å². The molecule has 1 unspecified atom stereocenters. The van der Waals surface area contributed by atoms with Crippen LogP contribution in [0.1, 0.15) is 200 Å². The van der Waals surface area contributed by atoms with Gasteiger partial charge in [-0.3, -0.25) is 4.79 Å². The summed E-state index contributed by atoms with van der Waals surface area (Å²) in [6, 6.07) is 0. The molecule has 1 atom stereocenters. The summed E-state index contributed by atoms with van der Waals surface area (Å²) in [6.45, 7) is 5.33. The van der Waals surface area contributed by atoms with Gasteiger partial charge in [0.2, 0.25) is 0 Å². The van der Waals surface area contributed by atoms with Gasteiger partial charge >= 0.3 is 5.97 Å². The summed E-state index contributed by atoms with van der Waals surface area (Å²) in [5, 5.41) is 9.56. The number of rotatable bonds is 36. The van der Waals surface area contributed by atoms with E-state index in [1.165, 1.54) is 154 Å². The smallest absolute Gasteiger partial charge is 0.306 e. The van der Waals surface area contributed by atoms with E-state index in [1.54, 1.807) is 0 Å². The molecule has 44 heavy (non-hydrogen) atoms. The third kappa shape index (κ3) is 35.4. The fourth-order valence-electron chi connectivity index (χ4n) is 5.59. The normalized spacial score (nSPS) is 12.5. The number of carbonyl (C=O) groups is 1. The van der Waals surface area contributed by atoms with Gasteiger partial charge in [-0.1, -0.05) is 173 Å². The fourth-order valence-corrected chi connectivity index (χ4v) is 5.59. The van der Waals surface area contributed by atoms with Crippen molar-refractivity contribution in [3.63, 3.8) is 0 Å². The van der Waals surface area contributed by atoms with Gasteiger partial charge in [0, 0.05) is 13.0 Å². The molecule has 4 nitrogen and oxygen atoms in total. The summed E-state index contributed by atoms with van der Waals surface area (Å²) >= 11 is 0. The first-order valence-corrected chi connectivity index (χ1v) is 19.4. The number of aliphatic hydroxyl groups is 1. The van der Waals surface area contributed by atoms with Crippen molar-refractivity contribution in [1.82, 2.24) is 0 Å². The quantitative estimate of drug-likeness (QED) is 0.0430. The molecule has 4 heteroatoms. The highest BCUT2D eigenvalue weighted by Gasteiger charge is 2.13. The van der Waals surface area contributed by atoms with Crippen molar-refractivity contribution in [2.24, 2.45) is 0 Å². The number of allylic oxidation sites excluding steroid dienone is 4. The Morgan fingerprint density at radius 3 is 1.45 bits per heavy atom. The number of hydrogen-bond acceptors (Lipinski definition) is 4. The molecule has 0 aliphatic rings. The van der Waals surface area contributed by atoms with Gasteiger partial charge in [-0.25, -0.2) is 0 Å². The Kier molecular flexibility index (Phi) is 37.1. The lowest BCUT2D eigenvalue weighted by Gasteiger charge is -2.16. The molecule has 0 saturated carbocycles. The van der Waals surface area contributed by atoms with Crippen LogP contribution in [0.2, 0.25) is 0 Å². The lowest BCUT2D eigenvalue weighted by atomic mass is 10.0. The van der Waals surface area contributed by atoms with E-state index in [4.69, 9.17) is 9.47 Å². The average molecular weight is 621 g/mol. The maximum atomic E-state index is 12.1. The molecule has 0 rings (SSSR count). The summed E-state index contributed by atoms with van der Waals surface area (Å²) in [5.74, 6) is -0.201. The fraction of sp³-hybridized carbons (Fsp3) is 0.875. The molecule has 0 bridgehead atoms. The Morgan fingerprint density at radius 1 is 0.545 bits per heavy atom. The molecule has 0 aromatic rings. The van der Waals surface area contributed by atoms with Gasteiger partial charge in [-0.2, -0.15) is 0 Å². The molecule has 0 fully saturated rings. The Bertz CT molecular complexity index is 614. The highest BCUT2D eigenvalue weighted by molar-refractivity contribution is 5.69. The van der Waals surface area contributed by atoms with E-state index in [1.807, 2.05) is 0 Å². The summed E-state index contributed by atoms with van der Waals surface area (Å²) in [5.41, 5.74) is 0. The van der Waals surface area contributed by atoms with Crippen molar-refractivity contribution in [3.8, 4) is 0 Å². The minimum Gasteiger partial charge on any atom is -0.457 e. The zero-order valence-electron chi connectivity index (χ0n) is 29.7. The van der Waals surface area contributed by atoms with Crippen LogP contribution < -0.4 is 0 Å². The van der Waals surface area contributed by atoms with E-state index >= 15 is 0 Å². The molecule has 0 saturated heterocycles. The Morgan fingerprint density at radius 2 is 0.955 bits per heavy atom. The molecule has 260 valence electrons.